The molecule has 0 saturated carbocycles. The third-order valence-corrected chi connectivity index (χ3v) is 6.65. The summed E-state index contributed by atoms with van der Waals surface area (Å²) in [6, 6.07) is 10.8. The quantitative estimate of drug-likeness (QED) is 0.542. The topological polar surface area (TPSA) is 37.4 Å². The number of benzene rings is 2. The van der Waals surface area contributed by atoms with Crippen molar-refractivity contribution in [3.05, 3.63) is 73.9 Å². The molecule has 2 aliphatic rings. The van der Waals surface area contributed by atoms with E-state index in [4.69, 9.17) is 34.8 Å². The Morgan fingerprint density at radius 2 is 1.75 bits per heavy atom. The second-order valence-corrected chi connectivity index (χ2v) is 8.40. The van der Waals surface area contributed by atoms with Crippen LogP contribution in [0.1, 0.15) is 42.7 Å². The van der Waals surface area contributed by atoms with Gasteiger partial charge in [0.15, 0.2) is 5.78 Å². The minimum Gasteiger partial charge on any atom is -0.294 e. The normalized spacial score (nSPS) is 19.9. The third kappa shape index (κ3) is 3.26. The molecule has 1 atom stereocenters. The lowest BCUT2D eigenvalue weighted by atomic mass is 9.77. The molecule has 1 aliphatic carbocycles. The second-order valence-electron chi connectivity index (χ2n) is 7.18. The first-order valence-corrected chi connectivity index (χ1v) is 10.3. The van der Waals surface area contributed by atoms with Crippen LogP contribution in [0, 0.1) is 6.92 Å². The predicted molar refractivity (Wildman–Crippen MR) is 113 cm³/mol. The molecule has 0 radical (unpaired) electrons. The molecule has 1 aliphatic heterocycles. The van der Waals surface area contributed by atoms with Crippen LogP contribution in [0.2, 0.25) is 15.1 Å². The van der Waals surface area contributed by atoms with Gasteiger partial charge in [0.05, 0.1) is 15.7 Å². The zero-order valence-corrected chi connectivity index (χ0v) is 17.5. The summed E-state index contributed by atoms with van der Waals surface area (Å²) in [7, 11) is 0. The van der Waals surface area contributed by atoms with Crippen LogP contribution in [0.25, 0.3) is 0 Å². The Hall–Kier alpha value is -1.81. The van der Waals surface area contributed by atoms with Gasteiger partial charge in [-0.15, -0.1) is 0 Å². The summed E-state index contributed by atoms with van der Waals surface area (Å²) in [5.74, 6) is -0.259. The number of nitrogens with zero attached hydrogens (tertiary/aromatic N) is 1. The van der Waals surface area contributed by atoms with Gasteiger partial charge in [-0.1, -0.05) is 46.9 Å². The minimum atomic E-state index is -0.305. The molecule has 0 spiro atoms. The standard InChI is InChI=1S/C22H18Cl3NO2/c1-12-15(23)4-2-5-18(12)26-19-6-3-7-20(27)22(19)14(11-21(26)28)13-8-9-16(24)17(25)10-13/h2,4-5,8-10,14H,3,6-7,11H2,1H3. The number of anilines is 1. The zero-order valence-electron chi connectivity index (χ0n) is 15.3. The van der Waals surface area contributed by atoms with Gasteiger partial charge in [-0.3, -0.25) is 14.5 Å². The Bertz CT molecular complexity index is 1030. The first-order valence-electron chi connectivity index (χ1n) is 9.17. The molecule has 28 heavy (non-hydrogen) atoms. The number of hydrogen-bond donors (Lipinski definition) is 0. The number of Topliss-reactive ketones (excluding diaryl/α,β-unsaturated/α-hetero) is 1. The Kier molecular flexibility index (Phi) is 5.26. The van der Waals surface area contributed by atoms with Crippen molar-refractivity contribution in [2.75, 3.05) is 4.90 Å². The fraction of sp³-hybridized carbons (Fsp3) is 0.273. The van der Waals surface area contributed by atoms with Crippen LogP contribution in [0.5, 0.6) is 0 Å². The van der Waals surface area contributed by atoms with Crippen molar-refractivity contribution in [2.24, 2.45) is 0 Å². The van der Waals surface area contributed by atoms with Gasteiger partial charge in [0.25, 0.3) is 0 Å². The molecular weight excluding hydrogens is 417 g/mol. The van der Waals surface area contributed by atoms with Crippen LogP contribution < -0.4 is 4.90 Å². The van der Waals surface area contributed by atoms with Gasteiger partial charge < -0.3 is 0 Å². The third-order valence-electron chi connectivity index (χ3n) is 5.50. The number of amides is 1. The van der Waals surface area contributed by atoms with Crippen LogP contribution in [0.3, 0.4) is 0 Å². The molecule has 0 saturated heterocycles. The minimum absolute atomic E-state index is 0.0464. The number of halogens is 3. The lowest BCUT2D eigenvalue weighted by Crippen LogP contribution is -2.40. The number of ketones is 1. The number of hydrogen-bond acceptors (Lipinski definition) is 2. The van der Waals surface area contributed by atoms with E-state index in [0.717, 1.165) is 28.9 Å². The van der Waals surface area contributed by atoms with Gasteiger partial charge in [0.1, 0.15) is 0 Å². The Morgan fingerprint density at radius 3 is 2.50 bits per heavy atom. The molecule has 2 aromatic carbocycles. The maximum atomic E-state index is 13.2. The van der Waals surface area contributed by atoms with Crippen molar-refractivity contribution >= 4 is 52.2 Å². The summed E-state index contributed by atoms with van der Waals surface area (Å²) in [5.41, 5.74) is 3.91. The van der Waals surface area contributed by atoms with Crippen molar-refractivity contribution in [1.29, 1.82) is 0 Å². The van der Waals surface area contributed by atoms with E-state index in [2.05, 4.69) is 0 Å². The highest BCUT2D eigenvalue weighted by Gasteiger charge is 2.40. The van der Waals surface area contributed by atoms with E-state index in [0.29, 0.717) is 33.5 Å². The van der Waals surface area contributed by atoms with Crippen molar-refractivity contribution in [3.8, 4) is 0 Å². The van der Waals surface area contributed by atoms with E-state index in [1.807, 2.05) is 25.1 Å². The molecule has 1 amide bonds. The van der Waals surface area contributed by atoms with Gasteiger partial charge in [0.2, 0.25) is 5.91 Å². The fourth-order valence-corrected chi connectivity index (χ4v) is 4.60. The number of allylic oxidation sites excluding steroid dienone is 2. The molecule has 0 aromatic heterocycles. The van der Waals surface area contributed by atoms with Gasteiger partial charge in [-0.25, -0.2) is 0 Å². The summed E-state index contributed by atoms with van der Waals surface area (Å²) in [4.78, 5) is 27.8. The van der Waals surface area contributed by atoms with E-state index >= 15 is 0 Å². The molecule has 0 N–H and O–H groups in total. The van der Waals surface area contributed by atoms with Crippen molar-refractivity contribution < 1.29 is 9.59 Å². The first-order chi connectivity index (χ1) is 13.4. The molecular formula is C22H18Cl3NO2. The Morgan fingerprint density at radius 1 is 0.964 bits per heavy atom. The van der Waals surface area contributed by atoms with Gasteiger partial charge in [0, 0.05) is 35.1 Å². The lowest BCUT2D eigenvalue weighted by Gasteiger charge is -2.39. The fourth-order valence-electron chi connectivity index (χ4n) is 4.12. The van der Waals surface area contributed by atoms with Crippen LogP contribution in [-0.4, -0.2) is 11.7 Å². The average molecular weight is 435 g/mol. The number of carbonyl (C=O) groups excluding carboxylic acids is 2. The maximum Gasteiger partial charge on any atom is 0.232 e. The van der Waals surface area contributed by atoms with Crippen LogP contribution in [-0.2, 0) is 9.59 Å². The largest absolute Gasteiger partial charge is 0.294 e. The second kappa shape index (κ2) is 7.55. The van der Waals surface area contributed by atoms with E-state index in [-0.39, 0.29) is 24.0 Å². The molecule has 3 nitrogen and oxygen atoms in total. The van der Waals surface area contributed by atoms with Gasteiger partial charge in [-0.2, -0.15) is 0 Å². The molecule has 1 unspecified atom stereocenters. The van der Waals surface area contributed by atoms with Crippen LogP contribution in [0.4, 0.5) is 5.69 Å². The molecule has 0 fully saturated rings. The summed E-state index contributed by atoms with van der Waals surface area (Å²) in [6.07, 6.45) is 2.10. The summed E-state index contributed by atoms with van der Waals surface area (Å²) >= 11 is 18.5. The van der Waals surface area contributed by atoms with Crippen LogP contribution in [0.15, 0.2) is 47.7 Å². The Labute approximate surface area is 178 Å². The van der Waals surface area contributed by atoms with Gasteiger partial charge >= 0.3 is 0 Å². The van der Waals surface area contributed by atoms with E-state index in [1.54, 1.807) is 23.1 Å². The van der Waals surface area contributed by atoms with E-state index < -0.39 is 0 Å². The van der Waals surface area contributed by atoms with E-state index in [1.165, 1.54) is 0 Å². The Balaban J connectivity index is 1.89. The monoisotopic (exact) mass is 433 g/mol. The van der Waals surface area contributed by atoms with Crippen molar-refractivity contribution in [1.82, 2.24) is 0 Å². The number of carbonyl (C=O) groups is 2. The molecule has 1 heterocycles. The highest BCUT2D eigenvalue weighted by atomic mass is 35.5. The highest BCUT2D eigenvalue weighted by molar-refractivity contribution is 6.42. The average Bonchev–Trinajstić information content (AvgIpc) is 2.66. The summed E-state index contributed by atoms with van der Waals surface area (Å²) in [5, 5.41) is 1.47. The smallest absolute Gasteiger partial charge is 0.232 e. The zero-order chi connectivity index (χ0) is 20.0. The summed E-state index contributed by atoms with van der Waals surface area (Å²) in [6.45, 7) is 1.89. The molecule has 6 heteroatoms. The van der Waals surface area contributed by atoms with E-state index in [9.17, 15) is 9.59 Å². The first kappa shape index (κ1) is 19.5. The van der Waals surface area contributed by atoms with Crippen molar-refractivity contribution in [3.63, 3.8) is 0 Å². The lowest BCUT2D eigenvalue weighted by molar-refractivity contribution is -0.119. The summed E-state index contributed by atoms with van der Waals surface area (Å²) < 4.78 is 0. The number of rotatable bonds is 2. The van der Waals surface area contributed by atoms with Crippen LogP contribution >= 0.6 is 34.8 Å². The highest BCUT2D eigenvalue weighted by Crippen LogP contribution is 2.45. The SMILES string of the molecule is Cc1c(Cl)cccc1N1C(=O)CC(c2ccc(Cl)c(Cl)c2)C2=C1CCCC2=O. The maximum absolute atomic E-state index is 13.2. The molecule has 144 valence electrons. The molecule has 0 bridgehead atoms. The predicted octanol–water partition coefficient (Wildman–Crippen LogP) is 6.48. The van der Waals surface area contributed by atoms with Crippen molar-refractivity contribution in [2.45, 2.75) is 38.5 Å². The van der Waals surface area contributed by atoms with Gasteiger partial charge in [-0.05, 0) is 55.2 Å². The molecule has 4 rings (SSSR count). The molecule has 2 aromatic rings.